The highest BCUT2D eigenvalue weighted by Crippen LogP contribution is 2.26. The molecule has 6 nitrogen and oxygen atoms in total. The maximum absolute atomic E-state index is 3.87. The molecule has 0 spiro atoms. The standard InChI is InChI=1S/2C7H8.3C5H6N2.C5H6S.C4H8.7C2H6/c2*1-7-5-3-2-4-6-7;1-5-2-3-6-4-7-5;1-5-6-3-2-4-7-5;1-5-3-2-4-6-7-5;1-5-3-2-4-6-5;1-4-2-3-4;7*1-2/h2*2-6H,1H3;3*2-4H,1H3;2-4H,1H3;4H,2-3H2,1H3;7*1-2H3. The number of hydrogen-bond donors (Lipinski definition) is 0. The third-order valence-corrected chi connectivity index (χ3v) is 6.34. The second-order valence-corrected chi connectivity index (χ2v) is 11.4. The lowest BCUT2D eigenvalue weighted by molar-refractivity contribution is 0.980. The van der Waals surface area contributed by atoms with Gasteiger partial charge in [0.1, 0.15) is 12.2 Å². The molecule has 0 amide bonds. The molecule has 59 heavy (non-hydrogen) atoms. The monoisotopic (exact) mass is 831 g/mol. The summed E-state index contributed by atoms with van der Waals surface area (Å²) >= 11 is 1.78. The minimum atomic E-state index is 0.822. The van der Waals surface area contributed by atoms with Crippen molar-refractivity contribution in [1.29, 1.82) is 0 Å². The normalized spacial score (nSPS) is 8.56. The van der Waals surface area contributed by atoms with Gasteiger partial charge in [-0.3, -0.25) is 0 Å². The van der Waals surface area contributed by atoms with E-state index in [1.54, 1.807) is 42.2 Å². The Hall–Kier alpha value is -4.62. The Balaban J connectivity index is -0.000000102. The van der Waals surface area contributed by atoms with Gasteiger partial charge in [-0.25, -0.2) is 19.9 Å². The van der Waals surface area contributed by atoms with Crippen LogP contribution in [0.1, 0.15) is 150 Å². The lowest BCUT2D eigenvalue weighted by atomic mass is 10.2. The fourth-order valence-electron chi connectivity index (χ4n) is 2.71. The number of nitrogens with zero attached hydrogens (tertiary/aromatic N) is 6. The summed E-state index contributed by atoms with van der Waals surface area (Å²) in [5, 5.41) is 9.44. The quantitative estimate of drug-likeness (QED) is 0.152. The molecule has 0 unspecified atom stereocenters. The summed E-state index contributed by atoms with van der Waals surface area (Å²) in [6.45, 7) is 42.2. The second kappa shape index (κ2) is 65.2. The third-order valence-electron chi connectivity index (χ3n) is 5.54. The highest BCUT2D eigenvalue weighted by atomic mass is 32.1. The smallest absolute Gasteiger partial charge is 0.125 e. The first-order chi connectivity index (χ1) is 28.8. The van der Waals surface area contributed by atoms with Crippen LogP contribution >= 0.6 is 11.3 Å². The van der Waals surface area contributed by atoms with Gasteiger partial charge in [-0.05, 0) is 83.2 Å². The van der Waals surface area contributed by atoms with Crippen LogP contribution in [-0.2, 0) is 0 Å². The number of hydrogen-bond acceptors (Lipinski definition) is 7. The van der Waals surface area contributed by atoms with E-state index < -0.39 is 0 Å². The highest BCUT2D eigenvalue weighted by molar-refractivity contribution is 7.09. The second-order valence-electron chi connectivity index (χ2n) is 10.2. The Morgan fingerprint density at radius 2 is 0.881 bits per heavy atom. The molecule has 0 atom stereocenters. The summed E-state index contributed by atoms with van der Waals surface area (Å²) < 4.78 is 0. The topological polar surface area (TPSA) is 77.3 Å². The molecule has 4 heterocycles. The summed E-state index contributed by atoms with van der Waals surface area (Å²) in [5.74, 6) is 1.91. The highest BCUT2D eigenvalue weighted by Gasteiger charge is 2.12. The minimum absolute atomic E-state index is 0.822. The molecule has 4 aromatic heterocycles. The van der Waals surface area contributed by atoms with Crippen LogP contribution in [0.3, 0.4) is 0 Å². The first-order valence-electron chi connectivity index (χ1n) is 22.0. The number of thiophene rings is 1. The Morgan fingerprint density at radius 3 is 1.03 bits per heavy atom. The molecular formula is C52H90N6S. The molecule has 1 fully saturated rings. The predicted molar refractivity (Wildman–Crippen MR) is 270 cm³/mol. The molecule has 1 aliphatic rings. The summed E-state index contributed by atoms with van der Waals surface area (Å²) in [5.41, 5.74) is 4.61. The van der Waals surface area contributed by atoms with E-state index in [0.717, 1.165) is 23.1 Å². The molecule has 0 bridgehead atoms. The van der Waals surface area contributed by atoms with Crippen LogP contribution in [0.5, 0.6) is 0 Å². The molecule has 0 aliphatic heterocycles. The van der Waals surface area contributed by atoms with Crippen molar-refractivity contribution in [2.45, 2.75) is 158 Å². The maximum Gasteiger partial charge on any atom is 0.125 e. The molecule has 0 N–H and O–H groups in total. The van der Waals surface area contributed by atoms with Gasteiger partial charge in [0.2, 0.25) is 0 Å². The molecular weight excluding hydrogens is 741 g/mol. The van der Waals surface area contributed by atoms with Gasteiger partial charge in [0.05, 0.1) is 5.69 Å². The predicted octanol–water partition coefficient (Wildman–Crippen LogP) is 17.0. The lowest BCUT2D eigenvalue weighted by Gasteiger charge is -1.82. The summed E-state index contributed by atoms with van der Waals surface area (Å²) in [6, 6.07) is 32.1. The van der Waals surface area contributed by atoms with Crippen LogP contribution in [0.15, 0.2) is 134 Å². The first-order valence-corrected chi connectivity index (χ1v) is 22.9. The first kappa shape index (κ1) is 69.0. The van der Waals surface area contributed by atoms with Gasteiger partial charge in [0.15, 0.2) is 0 Å². The summed E-state index contributed by atoms with van der Waals surface area (Å²) in [7, 11) is 0. The molecule has 0 saturated heterocycles. The summed E-state index contributed by atoms with van der Waals surface area (Å²) in [6.07, 6.45) is 11.3. The Kier molecular flexibility index (Phi) is 76.3. The zero-order chi connectivity index (χ0) is 47.0. The largest absolute Gasteiger partial charge is 0.245 e. The van der Waals surface area contributed by atoms with E-state index in [1.165, 1.54) is 35.2 Å². The van der Waals surface area contributed by atoms with Crippen molar-refractivity contribution in [2.24, 2.45) is 5.92 Å². The van der Waals surface area contributed by atoms with E-state index in [9.17, 15) is 0 Å². The van der Waals surface area contributed by atoms with Crippen LogP contribution < -0.4 is 0 Å². The minimum Gasteiger partial charge on any atom is -0.245 e. The van der Waals surface area contributed by atoms with Crippen molar-refractivity contribution in [2.75, 3.05) is 0 Å². The van der Waals surface area contributed by atoms with E-state index in [4.69, 9.17) is 0 Å². The number of benzene rings is 2. The number of rotatable bonds is 0. The van der Waals surface area contributed by atoms with Gasteiger partial charge in [0.25, 0.3) is 0 Å². The fourth-order valence-corrected chi connectivity index (χ4v) is 3.23. The van der Waals surface area contributed by atoms with E-state index >= 15 is 0 Å². The fraction of sp³-hybridized carbons (Fsp3) is 0.462. The average molecular weight is 831 g/mol. The Morgan fingerprint density at radius 1 is 0.441 bits per heavy atom. The number of aromatic nitrogens is 6. The molecule has 7 heteroatoms. The average Bonchev–Trinajstić information content (AvgIpc) is 3.96. The van der Waals surface area contributed by atoms with E-state index in [-0.39, 0.29) is 0 Å². The lowest BCUT2D eigenvalue weighted by Crippen LogP contribution is -1.80. The Labute approximate surface area is 370 Å². The molecule has 1 aliphatic carbocycles. The summed E-state index contributed by atoms with van der Waals surface area (Å²) in [4.78, 5) is 16.7. The van der Waals surface area contributed by atoms with E-state index in [2.05, 4.69) is 99.6 Å². The zero-order valence-electron chi connectivity index (χ0n) is 41.8. The molecule has 6 aromatic rings. The van der Waals surface area contributed by atoms with E-state index in [1.807, 2.05) is 172 Å². The van der Waals surface area contributed by atoms with Crippen molar-refractivity contribution in [3.05, 3.63) is 167 Å². The van der Waals surface area contributed by atoms with Gasteiger partial charge in [0, 0.05) is 35.4 Å². The van der Waals surface area contributed by atoms with Crippen LogP contribution in [0.2, 0.25) is 0 Å². The van der Waals surface area contributed by atoms with Crippen LogP contribution in [0, 0.1) is 47.5 Å². The van der Waals surface area contributed by atoms with Gasteiger partial charge < -0.3 is 0 Å². The van der Waals surface area contributed by atoms with Gasteiger partial charge >= 0.3 is 0 Å². The Bertz CT molecular complexity index is 1220. The van der Waals surface area contributed by atoms with Crippen molar-refractivity contribution in [1.82, 2.24) is 30.1 Å². The van der Waals surface area contributed by atoms with E-state index in [0.29, 0.717) is 0 Å². The maximum atomic E-state index is 3.87. The number of aryl methyl sites for hydroxylation is 6. The van der Waals surface area contributed by atoms with Crippen LogP contribution in [-0.4, -0.2) is 30.1 Å². The van der Waals surface area contributed by atoms with Crippen molar-refractivity contribution >= 4 is 11.3 Å². The van der Waals surface area contributed by atoms with Crippen LogP contribution in [0.4, 0.5) is 0 Å². The van der Waals surface area contributed by atoms with Gasteiger partial charge in [-0.15, -0.1) is 11.3 Å². The van der Waals surface area contributed by atoms with Crippen molar-refractivity contribution < 1.29 is 0 Å². The molecule has 1 saturated carbocycles. The zero-order valence-corrected chi connectivity index (χ0v) is 42.6. The van der Waals surface area contributed by atoms with Gasteiger partial charge in [-0.2, -0.15) is 10.2 Å². The molecule has 0 radical (unpaired) electrons. The van der Waals surface area contributed by atoms with Crippen LogP contribution in [0.25, 0.3) is 0 Å². The molecule has 2 aromatic carbocycles. The third kappa shape index (κ3) is 68.4. The molecule has 7 rings (SSSR count). The van der Waals surface area contributed by atoms with Crippen molar-refractivity contribution in [3.8, 4) is 0 Å². The molecule has 334 valence electrons. The van der Waals surface area contributed by atoms with Crippen molar-refractivity contribution in [3.63, 3.8) is 0 Å². The van der Waals surface area contributed by atoms with Gasteiger partial charge in [-0.1, -0.05) is 195 Å². The SMILES string of the molecule is CC.CC.CC.CC.CC.CC.CC.CC1CC1.Cc1ccccc1.Cc1ccccc1.Cc1cccnn1.Cc1cccs1.Cc1ccncn1.Cc1ncccn1.